The van der Waals surface area contributed by atoms with Gasteiger partial charge in [0, 0.05) is 36.9 Å². The fourth-order valence-corrected chi connectivity index (χ4v) is 5.48. The summed E-state index contributed by atoms with van der Waals surface area (Å²) in [4.78, 5) is 4.37. The Kier molecular flexibility index (Phi) is 6.57. The lowest BCUT2D eigenvalue weighted by molar-refractivity contribution is 0.326. The van der Waals surface area contributed by atoms with E-state index in [-0.39, 0.29) is 15.7 Å². The predicted octanol–water partition coefficient (Wildman–Crippen LogP) is 3.16. The number of hydrogen-bond donors (Lipinski definition) is 0. The third kappa shape index (κ3) is 5.10. The van der Waals surface area contributed by atoms with Crippen LogP contribution < -0.4 is 4.90 Å². The summed E-state index contributed by atoms with van der Waals surface area (Å²) in [6, 6.07) is 8.63. The molecule has 0 radical (unpaired) electrons. The molecule has 0 N–H and O–H groups in total. The van der Waals surface area contributed by atoms with Crippen molar-refractivity contribution in [3.05, 3.63) is 46.6 Å². The van der Waals surface area contributed by atoms with Crippen molar-refractivity contribution >= 4 is 38.9 Å². The zero-order valence-corrected chi connectivity index (χ0v) is 17.4. The van der Waals surface area contributed by atoms with Gasteiger partial charge in [-0.15, -0.1) is 5.10 Å². The van der Waals surface area contributed by atoms with Crippen molar-refractivity contribution in [1.29, 1.82) is 0 Å². The molecule has 0 aliphatic carbocycles. The quantitative estimate of drug-likeness (QED) is 0.674. The number of aromatic nitrogens is 2. The highest BCUT2D eigenvalue weighted by molar-refractivity contribution is 7.91. The lowest BCUT2D eigenvalue weighted by Crippen LogP contribution is -2.40. The van der Waals surface area contributed by atoms with Gasteiger partial charge in [-0.2, -0.15) is 5.10 Å². The average Bonchev–Trinajstić information content (AvgIpc) is 3.11. The number of hydrogen-bond acceptors (Lipinski definition) is 6. The topological polar surface area (TPSA) is 66.4 Å². The fraction of sp³-hybridized carbons (Fsp3) is 0.444. The lowest BCUT2D eigenvalue weighted by atomic mass is 10.2. The molecule has 1 fully saturated rings. The van der Waals surface area contributed by atoms with Gasteiger partial charge in [0.1, 0.15) is 0 Å². The predicted molar refractivity (Wildman–Crippen MR) is 108 cm³/mol. The van der Waals surface area contributed by atoms with E-state index in [1.54, 1.807) is 12.3 Å². The molecular weight excluding hydrogens is 407 g/mol. The smallest absolute Gasteiger partial charge is 0.181 e. The number of sulfone groups is 1. The van der Waals surface area contributed by atoms with Crippen LogP contribution in [-0.4, -0.2) is 62.0 Å². The van der Waals surface area contributed by atoms with Gasteiger partial charge in [0.2, 0.25) is 0 Å². The number of rotatable bonds is 7. The molecule has 1 aliphatic rings. The van der Waals surface area contributed by atoms with Gasteiger partial charge >= 0.3 is 0 Å². The maximum Gasteiger partial charge on any atom is 0.181 e. The monoisotopic (exact) mass is 428 g/mol. The molecule has 9 heteroatoms. The molecule has 0 bridgehead atoms. The largest absolute Gasteiger partial charge is 0.351 e. The van der Waals surface area contributed by atoms with Crippen molar-refractivity contribution in [2.24, 2.45) is 0 Å². The van der Waals surface area contributed by atoms with Crippen molar-refractivity contribution in [2.45, 2.75) is 23.8 Å². The Morgan fingerprint density at radius 3 is 2.85 bits per heavy atom. The molecular formula is C18H22Cl2N4O2S. The summed E-state index contributed by atoms with van der Waals surface area (Å²) in [5, 5.41) is 8.71. The molecule has 27 heavy (non-hydrogen) atoms. The maximum atomic E-state index is 12.6. The molecule has 0 spiro atoms. The van der Waals surface area contributed by atoms with Gasteiger partial charge in [-0.25, -0.2) is 8.42 Å². The Balaban J connectivity index is 1.61. The lowest BCUT2D eigenvalue weighted by Gasteiger charge is -2.29. The van der Waals surface area contributed by atoms with Gasteiger partial charge in [-0.3, -0.25) is 0 Å². The van der Waals surface area contributed by atoms with E-state index in [0.29, 0.717) is 17.6 Å². The first-order valence-electron chi connectivity index (χ1n) is 8.77. The van der Waals surface area contributed by atoms with E-state index in [1.165, 1.54) is 12.1 Å². The maximum absolute atomic E-state index is 12.6. The number of nitrogens with zero attached hydrogens (tertiary/aromatic N) is 4. The van der Waals surface area contributed by atoms with E-state index in [4.69, 9.17) is 23.2 Å². The summed E-state index contributed by atoms with van der Waals surface area (Å²) in [5.41, 5.74) is 0. The molecule has 1 aliphatic heterocycles. The minimum Gasteiger partial charge on any atom is -0.351 e. The second-order valence-electron chi connectivity index (χ2n) is 6.73. The molecule has 1 aromatic carbocycles. The summed E-state index contributed by atoms with van der Waals surface area (Å²) in [6.07, 6.45) is 3.80. The molecule has 1 unspecified atom stereocenters. The van der Waals surface area contributed by atoms with Gasteiger partial charge in [0.05, 0.1) is 15.7 Å². The standard InChI is InChI=1S/C18H22Cl2N4O2S/c1-23(10-11-27(25,26)17-12-14(19)6-7-16(17)20)13-15-4-3-9-24(15)18-5-2-8-21-22-18/h2,5-8,12,15H,3-4,9-11,13H2,1H3. The molecule has 2 heterocycles. The van der Waals surface area contributed by atoms with E-state index in [0.717, 1.165) is 31.7 Å². The van der Waals surface area contributed by atoms with Crippen LogP contribution in [0.25, 0.3) is 0 Å². The Morgan fingerprint density at radius 1 is 1.30 bits per heavy atom. The second kappa shape index (κ2) is 8.73. The summed E-state index contributed by atoms with van der Waals surface area (Å²) >= 11 is 12.0. The van der Waals surface area contributed by atoms with E-state index < -0.39 is 9.84 Å². The first-order chi connectivity index (χ1) is 12.9. The molecule has 1 atom stereocenters. The van der Waals surface area contributed by atoms with Crippen LogP contribution in [0.3, 0.4) is 0 Å². The van der Waals surface area contributed by atoms with Gasteiger partial charge in [-0.1, -0.05) is 23.2 Å². The van der Waals surface area contributed by atoms with Crippen LogP contribution >= 0.6 is 23.2 Å². The van der Waals surface area contributed by atoms with Crippen LogP contribution in [0.2, 0.25) is 10.0 Å². The molecule has 3 rings (SSSR count). The van der Waals surface area contributed by atoms with Crippen LogP contribution in [-0.2, 0) is 9.84 Å². The average molecular weight is 429 g/mol. The second-order valence-corrected chi connectivity index (χ2v) is 9.65. The van der Waals surface area contributed by atoms with Crippen LogP contribution in [0, 0.1) is 0 Å². The highest BCUT2D eigenvalue weighted by atomic mass is 35.5. The molecule has 2 aromatic rings. The van der Waals surface area contributed by atoms with Crippen molar-refractivity contribution in [2.75, 3.05) is 37.3 Å². The van der Waals surface area contributed by atoms with Crippen molar-refractivity contribution in [3.63, 3.8) is 0 Å². The SMILES string of the molecule is CN(CCS(=O)(=O)c1cc(Cl)ccc1Cl)CC1CCCN1c1cccnn1. The minimum atomic E-state index is -3.50. The third-order valence-corrected chi connectivity index (χ3v) is 7.13. The normalized spacial score (nSPS) is 17.6. The zero-order chi connectivity index (χ0) is 19.4. The highest BCUT2D eigenvalue weighted by Crippen LogP contribution is 2.26. The number of likely N-dealkylation sites (N-methyl/N-ethyl adjacent to an activating group) is 1. The van der Waals surface area contributed by atoms with E-state index >= 15 is 0 Å². The zero-order valence-electron chi connectivity index (χ0n) is 15.1. The fourth-order valence-electron chi connectivity index (χ4n) is 3.33. The number of anilines is 1. The van der Waals surface area contributed by atoms with Gasteiger partial charge in [0.15, 0.2) is 15.7 Å². The molecule has 1 aromatic heterocycles. The third-order valence-electron chi connectivity index (χ3n) is 4.72. The molecule has 0 saturated carbocycles. The molecule has 0 amide bonds. The Hall–Kier alpha value is -1.41. The first-order valence-corrected chi connectivity index (χ1v) is 11.2. The van der Waals surface area contributed by atoms with Crippen molar-refractivity contribution in [1.82, 2.24) is 15.1 Å². The molecule has 146 valence electrons. The highest BCUT2D eigenvalue weighted by Gasteiger charge is 2.27. The Bertz CT molecular complexity index is 880. The molecule has 6 nitrogen and oxygen atoms in total. The van der Waals surface area contributed by atoms with E-state index in [2.05, 4.69) is 15.1 Å². The van der Waals surface area contributed by atoms with Crippen molar-refractivity contribution in [3.8, 4) is 0 Å². The van der Waals surface area contributed by atoms with Crippen LogP contribution in [0.1, 0.15) is 12.8 Å². The number of benzene rings is 1. The summed E-state index contributed by atoms with van der Waals surface area (Å²) in [7, 11) is -1.57. The Labute approximate surface area is 170 Å². The van der Waals surface area contributed by atoms with Crippen LogP contribution in [0.15, 0.2) is 41.4 Å². The van der Waals surface area contributed by atoms with E-state index in [1.807, 2.05) is 24.1 Å². The Morgan fingerprint density at radius 2 is 2.11 bits per heavy atom. The van der Waals surface area contributed by atoms with Crippen LogP contribution in [0.4, 0.5) is 5.82 Å². The van der Waals surface area contributed by atoms with Crippen LogP contribution in [0.5, 0.6) is 0 Å². The van der Waals surface area contributed by atoms with E-state index in [9.17, 15) is 8.42 Å². The van der Waals surface area contributed by atoms with Gasteiger partial charge in [-0.05, 0) is 50.2 Å². The summed E-state index contributed by atoms with van der Waals surface area (Å²) in [6.45, 7) is 2.11. The summed E-state index contributed by atoms with van der Waals surface area (Å²) < 4.78 is 25.3. The minimum absolute atomic E-state index is 0.0125. The van der Waals surface area contributed by atoms with Crippen molar-refractivity contribution < 1.29 is 8.42 Å². The molecule has 1 saturated heterocycles. The van der Waals surface area contributed by atoms with Gasteiger partial charge in [0.25, 0.3) is 0 Å². The number of halogens is 2. The first kappa shape index (κ1) is 20.3. The van der Waals surface area contributed by atoms with Gasteiger partial charge < -0.3 is 9.80 Å². The summed E-state index contributed by atoms with van der Waals surface area (Å²) in [5.74, 6) is 0.855.